The van der Waals surface area contributed by atoms with Gasteiger partial charge in [-0.15, -0.1) is 0 Å². The number of hydrogen-bond acceptors (Lipinski definition) is 6. The van der Waals surface area contributed by atoms with E-state index in [1.54, 1.807) is 4.57 Å². The third-order valence-corrected chi connectivity index (χ3v) is 5.56. The van der Waals surface area contributed by atoms with Gasteiger partial charge in [0.2, 0.25) is 0 Å². The highest BCUT2D eigenvalue weighted by Crippen LogP contribution is 2.50. The monoisotopic (exact) mass is 375 g/mol. The normalized spacial score (nSPS) is 19.3. The average molecular weight is 375 g/mol. The molecular weight excluding hydrogens is 356 g/mol. The topological polar surface area (TPSA) is 103 Å². The summed E-state index contributed by atoms with van der Waals surface area (Å²) in [7, 11) is 0. The number of alkyl halides is 2. The van der Waals surface area contributed by atoms with Crippen molar-refractivity contribution in [3.8, 4) is 11.3 Å². The van der Waals surface area contributed by atoms with Crippen LogP contribution < -0.4 is 5.73 Å². The number of anilines is 1. The summed E-state index contributed by atoms with van der Waals surface area (Å²) in [6, 6.07) is -1.01. The van der Waals surface area contributed by atoms with Crippen LogP contribution in [0.4, 0.5) is 14.6 Å². The molecule has 3 N–H and O–H groups in total. The SMILES string of the molecule is Nc1ncnc2c1c1c(n2C(CF)CF)CCC(O)c2c-1noc2C1CC1. The van der Waals surface area contributed by atoms with Gasteiger partial charge in [0.15, 0.2) is 0 Å². The molecular formula is C18H19F2N5O2. The second-order valence-corrected chi connectivity index (χ2v) is 7.25. The molecule has 5 rings (SSSR count). The fourth-order valence-electron chi connectivity index (χ4n) is 4.15. The first-order valence-corrected chi connectivity index (χ1v) is 9.08. The van der Waals surface area contributed by atoms with Gasteiger partial charge in [-0.3, -0.25) is 0 Å². The van der Waals surface area contributed by atoms with Crippen molar-refractivity contribution in [1.29, 1.82) is 0 Å². The van der Waals surface area contributed by atoms with Crippen molar-refractivity contribution in [2.45, 2.75) is 43.7 Å². The molecule has 27 heavy (non-hydrogen) atoms. The third-order valence-electron chi connectivity index (χ3n) is 5.56. The number of nitrogens with two attached hydrogens (primary N) is 1. The highest BCUT2D eigenvalue weighted by atomic mass is 19.1. The summed E-state index contributed by atoms with van der Waals surface area (Å²) in [5, 5.41) is 15.5. The molecule has 0 aromatic carbocycles. The van der Waals surface area contributed by atoms with Gasteiger partial charge in [-0.05, 0) is 25.7 Å². The van der Waals surface area contributed by atoms with E-state index in [1.165, 1.54) is 6.33 Å². The van der Waals surface area contributed by atoms with Crippen LogP contribution in [0.25, 0.3) is 22.3 Å². The van der Waals surface area contributed by atoms with Crippen molar-refractivity contribution in [2.24, 2.45) is 0 Å². The number of aliphatic hydroxyl groups is 1. The van der Waals surface area contributed by atoms with Gasteiger partial charge in [-0.2, -0.15) is 0 Å². The lowest BCUT2D eigenvalue weighted by molar-refractivity contribution is 0.165. The first-order valence-electron chi connectivity index (χ1n) is 9.08. The Hall–Kier alpha value is -2.55. The Balaban J connectivity index is 1.87. The van der Waals surface area contributed by atoms with Crippen LogP contribution in [-0.2, 0) is 6.42 Å². The zero-order valence-electron chi connectivity index (χ0n) is 14.5. The molecule has 1 unspecified atom stereocenters. The lowest BCUT2D eigenvalue weighted by Crippen LogP contribution is -2.17. The van der Waals surface area contributed by atoms with Crippen molar-refractivity contribution in [3.05, 3.63) is 23.3 Å². The molecule has 9 heteroatoms. The highest BCUT2D eigenvalue weighted by molar-refractivity contribution is 6.02. The number of aromatic nitrogens is 4. The second kappa shape index (κ2) is 5.98. The Morgan fingerprint density at radius 1 is 1.26 bits per heavy atom. The van der Waals surface area contributed by atoms with E-state index >= 15 is 0 Å². The van der Waals surface area contributed by atoms with Gasteiger partial charge in [0, 0.05) is 17.2 Å². The van der Waals surface area contributed by atoms with E-state index in [-0.39, 0.29) is 11.7 Å². The van der Waals surface area contributed by atoms with Crippen LogP contribution in [0.5, 0.6) is 0 Å². The predicted octanol–water partition coefficient (Wildman–Crippen LogP) is 3.01. The molecule has 142 valence electrons. The van der Waals surface area contributed by atoms with Gasteiger partial charge < -0.3 is 19.9 Å². The molecule has 0 aliphatic heterocycles. The molecule has 2 aliphatic rings. The maximum absolute atomic E-state index is 13.6. The Kier molecular flexibility index (Phi) is 3.68. The minimum absolute atomic E-state index is 0.213. The summed E-state index contributed by atoms with van der Waals surface area (Å²) < 4.78 is 34.3. The molecule has 3 heterocycles. The summed E-state index contributed by atoms with van der Waals surface area (Å²) in [5.41, 5.74) is 8.93. The van der Waals surface area contributed by atoms with Crippen LogP contribution in [0.2, 0.25) is 0 Å². The van der Waals surface area contributed by atoms with E-state index in [4.69, 9.17) is 10.3 Å². The van der Waals surface area contributed by atoms with Crippen molar-refractivity contribution < 1.29 is 18.4 Å². The van der Waals surface area contributed by atoms with Crippen LogP contribution in [0.1, 0.15) is 54.3 Å². The number of fused-ring (bicyclic) bond motifs is 5. The molecule has 1 saturated carbocycles. The lowest BCUT2D eigenvalue weighted by atomic mass is 10.0. The van der Waals surface area contributed by atoms with Crippen molar-refractivity contribution in [3.63, 3.8) is 0 Å². The molecule has 3 aromatic heterocycles. The molecule has 3 aromatic rings. The number of nitrogens with zero attached hydrogens (tertiary/aromatic N) is 4. The van der Waals surface area contributed by atoms with Gasteiger partial charge in [0.1, 0.15) is 42.6 Å². The summed E-state index contributed by atoms with van der Waals surface area (Å²) in [6.07, 6.45) is 3.35. The van der Waals surface area contributed by atoms with Gasteiger partial charge in [-0.1, -0.05) is 5.16 Å². The Bertz CT molecular complexity index is 1020. The molecule has 0 amide bonds. The Morgan fingerprint density at radius 3 is 2.74 bits per heavy atom. The van der Waals surface area contributed by atoms with E-state index in [0.717, 1.165) is 12.8 Å². The number of hydrogen-bond donors (Lipinski definition) is 2. The summed E-state index contributed by atoms with van der Waals surface area (Å²) in [6.45, 7) is -1.75. The standard InChI is InChI=1S/C18H19F2N5O2/c19-5-9(6-20)25-10-3-4-11(26)13-15(24-27-16(13)8-1-2-8)12(10)14-17(21)22-7-23-18(14)25/h7-9,11,26H,1-6H2,(H2,21,22,23). The van der Waals surface area contributed by atoms with Crippen LogP contribution in [0.3, 0.4) is 0 Å². The minimum atomic E-state index is -1.01. The first-order chi connectivity index (χ1) is 13.2. The van der Waals surface area contributed by atoms with E-state index < -0.39 is 25.5 Å². The van der Waals surface area contributed by atoms with Crippen molar-refractivity contribution in [1.82, 2.24) is 19.7 Å². The van der Waals surface area contributed by atoms with Crippen LogP contribution >= 0.6 is 0 Å². The Labute approximate surface area is 153 Å². The number of nitrogen functional groups attached to an aromatic ring is 1. The fourth-order valence-corrected chi connectivity index (χ4v) is 4.15. The summed E-state index contributed by atoms with van der Waals surface area (Å²) in [5.74, 6) is 1.18. The minimum Gasteiger partial charge on any atom is -0.388 e. The Morgan fingerprint density at radius 2 is 2.04 bits per heavy atom. The first kappa shape index (κ1) is 16.6. The molecule has 0 saturated heterocycles. The average Bonchev–Trinajstić information content (AvgIpc) is 3.36. The maximum Gasteiger partial charge on any atom is 0.146 e. The van der Waals surface area contributed by atoms with Crippen LogP contribution in [-0.4, -0.2) is 38.1 Å². The number of rotatable bonds is 4. The van der Waals surface area contributed by atoms with Gasteiger partial charge >= 0.3 is 0 Å². The van der Waals surface area contributed by atoms with Gasteiger partial charge in [-0.25, -0.2) is 18.7 Å². The molecule has 1 fully saturated rings. The highest BCUT2D eigenvalue weighted by Gasteiger charge is 2.39. The molecule has 0 spiro atoms. The quantitative estimate of drug-likeness (QED) is 0.727. The number of halogens is 2. The molecule has 0 radical (unpaired) electrons. The fraction of sp³-hybridized carbons (Fsp3) is 0.500. The summed E-state index contributed by atoms with van der Waals surface area (Å²) >= 11 is 0. The molecule has 1 atom stereocenters. The van der Waals surface area contributed by atoms with E-state index in [9.17, 15) is 13.9 Å². The molecule has 2 aliphatic carbocycles. The lowest BCUT2D eigenvalue weighted by Gasteiger charge is -2.17. The van der Waals surface area contributed by atoms with E-state index in [1.807, 2.05) is 0 Å². The second-order valence-electron chi connectivity index (χ2n) is 7.25. The summed E-state index contributed by atoms with van der Waals surface area (Å²) in [4.78, 5) is 8.32. The third kappa shape index (κ3) is 2.30. The zero-order valence-corrected chi connectivity index (χ0v) is 14.5. The zero-order chi connectivity index (χ0) is 18.7. The van der Waals surface area contributed by atoms with Crippen LogP contribution in [0.15, 0.2) is 10.9 Å². The number of aliphatic hydroxyl groups excluding tert-OH is 1. The largest absolute Gasteiger partial charge is 0.388 e. The van der Waals surface area contributed by atoms with Gasteiger partial charge in [0.25, 0.3) is 0 Å². The van der Waals surface area contributed by atoms with E-state index in [2.05, 4.69) is 15.1 Å². The van der Waals surface area contributed by atoms with Crippen molar-refractivity contribution >= 4 is 16.9 Å². The smallest absolute Gasteiger partial charge is 0.146 e. The molecule has 0 bridgehead atoms. The van der Waals surface area contributed by atoms with E-state index in [0.29, 0.717) is 52.2 Å². The molecule has 7 nitrogen and oxygen atoms in total. The van der Waals surface area contributed by atoms with Crippen molar-refractivity contribution in [2.75, 3.05) is 19.1 Å². The van der Waals surface area contributed by atoms with Gasteiger partial charge in [0.05, 0.1) is 23.1 Å². The van der Waals surface area contributed by atoms with Crippen LogP contribution in [0, 0.1) is 0 Å². The maximum atomic E-state index is 13.6. The predicted molar refractivity (Wildman–Crippen MR) is 93.7 cm³/mol.